The van der Waals surface area contributed by atoms with Crippen LogP contribution in [0.1, 0.15) is 11.4 Å². The number of hydrogen-bond donors (Lipinski definition) is 1. The Morgan fingerprint density at radius 1 is 1.44 bits per heavy atom. The Morgan fingerprint density at radius 3 is 3.00 bits per heavy atom. The molecular weight excluding hydrogens is 336 g/mol. The largest absolute Gasteiger partial charge is 0.496 e. The van der Waals surface area contributed by atoms with E-state index >= 15 is 0 Å². The summed E-state index contributed by atoms with van der Waals surface area (Å²) >= 11 is 1.56. The summed E-state index contributed by atoms with van der Waals surface area (Å²) in [5.41, 5.74) is 0.737. The number of methoxy groups -OCH3 is 1. The van der Waals surface area contributed by atoms with Crippen molar-refractivity contribution >= 4 is 32.5 Å². The predicted molar refractivity (Wildman–Crippen MR) is 102 cm³/mol. The van der Waals surface area contributed by atoms with Crippen LogP contribution in [-0.2, 0) is 6.54 Å². The zero-order valence-electron chi connectivity index (χ0n) is 14.7. The van der Waals surface area contributed by atoms with Gasteiger partial charge in [0, 0.05) is 19.1 Å². The van der Waals surface area contributed by atoms with Crippen LogP contribution in [0.3, 0.4) is 0 Å². The van der Waals surface area contributed by atoms with Crippen molar-refractivity contribution in [2.45, 2.75) is 19.0 Å². The molecule has 25 heavy (non-hydrogen) atoms. The third-order valence-electron chi connectivity index (χ3n) is 4.96. The first kappa shape index (κ1) is 16.5. The van der Waals surface area contributed by atoms with E-state index < -0.39 is 0 Å². The number of nitrogens with one attached hydrogen (secondary N) is 1. The number of benzene rings is 1. The first-order valence-corrected chi connectivity index (χ1v) is 9.25. The summed E-state index contributed by atoms with van der Waals surface area (Å²) in [7, 11) is 5.89. The Hall–Kier alpha value is -1.96. The van der Waals surface area contributed by atoms with E-state index in [1.165, 1.54) is 6.42 Å². The van der Waals surface area contributed by atoms with Crippen molar-refractivity contribution in [1.82, 2.24) is 19.8 Å². The summed E-state index contributed by atoms with van der Waals surface area (Å²) in [5.74, 6) is 0.694. The molecular formula is C18H22N4O2S. The van der Waals surface area contributed by atoms with Crippen LogP contribution in [0, 0.1) is 0 Å². The fraction of sp³-hybridized carbons (Fsp3) is 0.444. The van der Waals surface area contributed by atoms with Crippen molar-refractivity contribution in [1.29, 1.82) is 0 Å². The zero-order chi connectivity index (χ0) is 17.6. The summed E-state index contributed by atoms with van der Waals surface area (Å²) in [5, 5.41) is 2.46. The third kappa shape index (κ3) is 2.92. The summed E-state index contributed by atoms with van der Waals surface area (Å²) < 4.78 is 5.47. The Kier molecular flexibility index (Phi) is 4.23. The van der Waals surface area contributed by atoms with Crippen LogP contribution in [0.15, 0.2) is 23.0 Å². The van der Waals surface area contributed by atoms with E-state index in [9.17, 15) is 4.79 Å². The molecule has 0 saturated carbocycles. The lowest BCUT2D eigenvalue weighted by Crippen LogP contribution is -2.31. The molecule has 1 fully saturated rings. The minimum atomic E-state index is -0.0922. The quantitative estimate of drug-likeness (QED) is 0.775. The van der Waals surface area contributed by atoms with Crippen molar-refractivity contribution < 1.29 is 4.74 Å². The number of ether oxygens (including phenoxy) is 1. The van der Waals surface area contributed by atoms with Gasteiger partial charge in [-0.2, -0.15) is 0 Å². The van der Waals surface area contributed by atoms with Gasteiger partial charge in [-0.3, -0.25) is 9.69 Å². The smallest absolute Gasteiger partial charge is 0.257 e. The second-order valence-electron chi connectivity index (χ2n) is 6.76. The minimum absolute atomic E-state index is 0.0922. The van der Waals surface area contributed by atoms with E-state index in [0.717, 1.165) is 40.4 Å². The highest BCUT2D eigenvalue weighted by molar-refractivity contribution is 7.18. The number of fused-ring (bicyclic) bond motifs is 3. The molecule has 0 radical (unpaired) electrons. The van der Waals surface area contributed by atoms with Gasteiger partial charge in [-0.25, -0.2) is 4.98 Å². The standard InChI is InChI=1S/C18H22N4O2S/c1-21(2)11-7-8-22(9-11)10-14-19-16-15-12(5-4-6-13(15)24-3)17(23)20-18(16)25-14/h4-6,11H,7-10H2,1-3H3,(H,20,23)/t11-/m1/s1. The highest BCUT2D eigenvalue weighted by Gasteiger charge is 2.25. The molecule has 1 aromatic carbocycles. The Morgan fingerprint density at radius 2 is 2.28 bits per heavy atom. The molecule has 0 unspecified atom stereocenters. The Labute approximate surface area is 150 Å². The lowest BCUT2D eigenvalue weighted by atomic mass is 10.1. The molecule has 6 nitrogen and oxygen atoms in total. The minimum Gasteiger partial charge on any atom is -0.496 e. The number of H-pyrrole nitrogens is 1. The van der Waals surface area contributed by atoms with Gasteiger partial charge in [0.1, 0.15) is 21.1 Å². The maximum absolute atomic E-state index is 12.4. The van der Waals surface area contributed by atoms with Gasteiger partial charge in [0.05, 0.1) is 24.4 Å². The van der Waals surface area contributed by atoms with Gasteiger partial charge in [-0.15, -0.1) is 0 Å². The molecule has 0 aliphatic carbocycles. The van der Waals surface area contributed by atoms with Crippen LogP contribution in [0.4, 0.5) is 0 Å². The van der Waals surface area contributed by atoms with E-state index in [2.05, 4.69) is 28.9 Å². The van der Waals surface area contributed by atoms with Gasteiger partial charge in [0.25, 0.3) is 5.56 Å². The lowest BCUT2D eigenvalue weighted by molar-refractivity contribution is 0.264. The number of hydrogen-bond acceptors (Lipinski definition) is 6. The molecule has 3 heterocycles. The molecule has 132 valence electrons. The Balaban J connectivity index is 1.73. The van der Waals surface area contributed by atoms with Crippen LogP contribution in [0.5, 0.6) is 5.75 Å². The van der Waals surface area contributed by atoms with Crippen LogP contribution >= 0.6 is 11.3 Å². The fourth-order valence-corrected chi connectivity index (χ4v) is 4.57. The molecule has 4 rings (SSSR count). The van der Waals surface area contributed by atoms with Gasteiger partial charge < -0.3 is 14.6 Å². The van der Waals surface area contributed by atoms with Crippen molar-refractivity contribution in [3.63, 3.8) is 0 Å². The van der Waals surface area contributed by atoms with Crippen LogP contribution in [0.2, 0.25) is 0 Å². The molecule has 1 N–H and O–H groups in total. The molecule has 0 amide bonds. The van der Waals surface area contributed by atoms with Crippen LogP contribution in [-0.4, -0.2) is 60.1 Å². The molecule has 1 aliphatic heterocycles. The maximum atomic E-state index is 12.4. The van der Waals surface area contributed by atoms with Crippen LogP contribution in [0.25, 0.3) is 21.1 Å². The van der Waals surface area contributed by atoms with Crippen LogP contribution < -0.4 is 10.3 Å². The average molecular weight is 358 g/mol. The van der Waals surface area contributed by atoms with Gasteiger partial charge in [-0.1, -0.05) is 17.4 Å². The van der Waals surface area contributed by atoms with E-state index in [1.807, 2.05) is 18.2 Å². The van der Waals surface area contributed by atoms with Crippen molar-refractivity contribution in [3.05, 3.63) is 33.6 Å². The van der Waals surface area contributed by atoms with Gasteiger partial charge in [0.15, 0.2) is 0 Å². The number of nitrogens with zero attached hydrogens (tertiary/aromatic N) is 3. The van der Waals surface area contributed by atoms with E-state index in [-0.39, 0.29) is 5.56 Å². The Bertz CT molecular complexity index is 978. The van der Waals surface area contributed by atoms with Gasteiger partial charge in [0.2, 0.25) is 0 Å². The summed E-state index contributed by atoms with van der Waals surface area (Å²) in [4.78, 5) is 25.7. The van der Waals surface area contributed by atoms with E-state index in [1.54, 1.807) is 18.4 Å². The SMILES string of the molecule is COc1cccc2c(=O)[nH]c3sc(CN4CC[C@@H](N(C)C)C4)nc3c12. The second kappa shape index (κ2) is 6.40. The van der Waals surface area contributed by atoms with E-state index in [0.29, 0.717) is 17.2 Å². The molecule has 0 bridgehead atoms. The lowest BCUT2D eigenvalue weighted by Gasteiger charge is -2.19. The summed E-state index contributed by atoms with van der Waals surface area (Å²) in [6, 6.07) is 6.14. The number of aromatic amines is 1. The number of likely N-dealkylation sites (N-methyl/N-ethyl adjacent to an activating group) is 1. The molecule has 7 heteroatoms. The van der Waals surface area contributed by atoms with E-state index in [4.69, 9.17) is 9.72 Å². The molecule has 0 spiro atoms. The number of rotatable bonds is 4. The van der Waals surface area contributed by atoms with Crippen molar-refractivity contribution in [3.8, 4) is 5.75 Å². The van der Waals surface area contributed by atoms with Crippen molar-refractivity contribution in [2.75, 3.05) is 34.3 Å². The molecule has 1 aliphatic rings. The highest BCUT2D eigenvalue weighted by atomic mass is 32.1. The second-order valence-corrected chi connectivity index (χ2v) is 7.85. The number of pyridine rings is 1. The number of likely N-dealkylation sites (tertiary alicyclic amines) is 1. The number of aromatic nitrogens is 2. The summed E-state index contributed by atoms with van der Waals surface area (Å²) in [6.45, 7) is 2.96. The monoisotopic (exact) mass is 358 g/mol. The normalized spacial score (nSPS) is 18.6. The molecule has 3 aromatic rings. The average Bonchev–Trinajstić information content (AvgIpc) is 3.21. The highest BCUT2D eigenvalue weighted by Crippen LogP contribution is 2.32. The molecule has 2 aromatic heterocycles. The topological polar surface area (TPSA) is 61.5 Å². The fourth-order valence-electron chi connectivity index (χ4n) is 3.56. The molecule has 1 atom stereocenters. The zero-order valence-corrected chi connectivity index (χ0v) is 15.5. The third-order valence-corrected chi connectivity index (χ3v) is 5.92. The van der Waals surface area contributed by atoms with Gasteiger partial charge >= 0.3 is 0 Å². The number of thiazole rings is 1. The summed E-state index contributed by atoms with van der Waals surface area (Å²) in [6.07, 6.45) is 1.19. The predicted octanol–water partition coefficient (Wildman–Crippen LogP) is 2.28. The van der Waals surface area contributed by atoms with Gasteiger partial charge in [-0.05, 0) is 32.6 Å². The maximum Gasteiger partial charge on any atom is 0.257 e. The van der Waals surface area contributed by atoms with Crippen molar-refractivity contribution in [2.24, 2.45) is 0 Å². The first-order chi connectivity index (χ1) is 12.1. The first-order valence-electron chi connectivity index (χ1n) is 8.44. The molecule has 1 saturated heterocycles.